The smallest absolute Gasteiger partial charge is 0.123 e. The maximum absolute atomic E-state index is 9.73. The first kappa shape index (κ1) is 14.2. The Morgan fingerprint density at radius 2 is 1.80 bits per heavy atom. The summed E-state index contributed by atoms with van der Waals surface area (Å²) in [5.41, 5.74) is 1.90. The fourth-order valence-corrected chi connectivity index (χ4v) is 1.98. The minimum Gasteiger partial charge on any atom is -0.508 e. The first-order valence-corrected chi connectivity index (χ1v) is 6.48. The van der Waals surface area contributed by atoms with Crippen molar-refractivity contribution in [3.63, 3.8) is 0 Å². The van der Waals surface area contributed by atoms with Gasteiger partial charge in [-0.1, -0.05) is 18.2 Å². The first-order valence-electron chi connectivity index (χ1n) is 6.48. The molecule has 1 atom stereocenters. The van der Waals surface area contributed by atoms with Gasteiger partial charge in [0, 0.05) is 24.2 Å². The van der Waals surface area contributed by atoms with Crippen LogP contribution in [0.4, 0.5) is 0 Å². The minimum absolute atomic E-state index is 0.0643. The van der Waals surface area contributed by atoms with E-state index in [-0.39, 0.29) is 17.5 Å². The molecular formula is C16H19NO3. The number of rotatable bonds is 5. The van der Waals surface area contributed by atoms with E-state index in [0.717, 1.165) is 16.9 Å². The topological polar surface area (TPSA) is 61.7 Å². The molecular weight excluding hydrogens is 254 g/mol. The fraction of sp³-hybridized carbons (Fsp3) is 0.250. The highest BCUT2D eigenvalue weighted by Crippen LogP contribution is 2.23. The van der Waals surface area contributed by atoms with E-state index >= 15 is 0 Å². The van der Waals surface area contributed by atoms with Gasteiger partial charge in [-0.25, -0.2) is 0 Å². The zero-order chi connectivity index (χ0) is 14.5. The highest BCUT2D eigenvalue weighted by atomic mass is 16.5. The third-order valence-corrected chi connectivity index (χ3v) is 3.28. The lowest BCUT2D eigenvalue weighted by molar-refractivity contribution is 0.414. The van der Waals surface area contributed by atoms with Gasteiger partial charge >= 0.3 is 0 Å². The van der Waals surface area contributed by atoms with Gasteiger partial charge < -0.3 is 20.3 Å². The predicted octanol–water partition coefficient (Wildman–Crippen LogP) is 2.96. The standard InChI is InChI=1S/C16H19NO3/c1-11(12-4-7-15(20-2)8-5-12)17-10-13-3-6-14(18)9-16(13)19/h3-9,11,17-19H,10H2,1-2H3. The van der Waals surface area contributed by atoms with Gasteiger partial charge in [0.05, 0.1) is 7.11 Å². The number of phenolic OH excluding ortho intramolecular Hbond substituents is 2. The number of methoxy groups -OCH3 is 1. The number of hydrogen-bond donors (Lipinski definition) is 3. The number of phenols is 2. The molecule has 0 amide bonds. The van der Waals surface area contributed by atoms with Crippen LogP contribution >= 0.6 is 0 Å². The lowest BCUT2D eigenvalue weighted by Crippen LogP contribution is -2.18. The monoisotopic (exact) mass is 273 g/mol. The molecule has 0 aromatic heterocycles. The Morgan fingerprint density at radius 3 is 2.40 bits per heavy atom. The molecule has 0 aliphatic heterocycles. The van der Waals surface area contributed by atoms with Gasteiger partial charge in [-0.3, -0.25) is 0 Å². The quantitative estimate of drug-likeness (QED) is 0.784. The van der Waals surface area contributed by atoms with E-state index in [1.54, 1.807) is 19.2 Å². The van der Waals surface area contributed by atoms with Crippen LogP contribution in [-0.2, 0) is 6.54 Å². The van der Waals surface area contributed by atoms with Crippen LogP contribution in [0.2, 0.25) is 0 Å². The van der Waals surface area contributed by atoms with Crippen molar-refractivity contribution in [2.24, 2.45) is 0 Å². The second kappa shape index (κ2) is 6.30. The van der Waals surface area contributed by atoms with E-state index < -0.39 is 0 Å². The third kappa shape index (κ3) is 3.42. The second-order valence-electron chi connectivity index (χ2n) is 4.69. The Kier molecular flexibility index (Phi) is 4.48. The van der Waals surface area contributed by atoms with E-state index in [1.165, 1.54) is 6.07 Å². The largest absolute Gasteiger partial charge is 0.508 e. The van der Waals surface area contributed by atoms with E-state index in [9.17, 15) is 10.2 Å². The van der Waals surface area contributed by atoms with Crippen LogP contribution in [0.25, 0.3) is 0 Å². The van der Waals surface area contributed by atoms with Crippen molar-refractivity contribution in [3.05, 3.63) is 53.6 Å². The summed E-state index contributed by atoms with van der Waals surface area (Å²) in [5, 5.41) is 22.3. The maximum atomic E-state index is 9.73. The van der Waals surface area contributed by atoms with Gasteiger partial charge in [0.25, 0.3) is 0 Å². The van der Waals surface area contributed by atoms with Gasteiger partial charge in [0.2, 0.25) is 0 Å². The van der Waals surface area contributed by atoms with Crippen molar-refractivity contribution in [3.8, 4) is 17.2 Å². The summed E-state index contributed by atoms with van der Waals surface area (Å²) >= 11 is 0. The summed E-state index contributed by atoms with van der Waals surface area (Å²) in [4.78, 5) is 0. The van der Waals surface area contributed by atoms with Crippen LogP contribution in [0.3, 0.4) is 0 Å². The summed E-state index contributed by atoms with van der Waals surface area (Å²) in [7, 11) is 1.64. The number of ether oxygens (including phenoxy) is 1. The zero-order valence-corrected chi connectivity index (χ0v) is 11.6. The van der Waals surface area contributed by atoms with Gasteiger partial charge in [-0.05, 0) is 30.7 Å². The Morgan fingerprint density at radius 1 is 1.10 bits per heavy atom. The summed E-state index contributed by atoms with van der Waals surface area (Å²) in [5.74, 6) is 0.992. The molecule has 2 aromatic rings. The molecule has 3 N–H and O–H groups in total. The molecule has 1 unspecified atom stereocenters. The van der Waals surface area contributed by atoms with Crippen molar-refractivity contribution in [2.75, 3.05) is 7.11 Å². The highest BCUT2D eigenvalue weighted by molar-refractivity contribution is 5.39. The minimum atomic E-state index is 0.0643. The molecule has 0 fully saturated rings. The van der Waals surface area contributed by atoms with Crippen molar-refractivity contribution in [2.45, 2.75) is 19.5 Å². The maximum Gasteiger partial charge on any atom is 0.123 e. The van der Waals surface area contributed by atoms with Crippen molar-refractivity contribution >= 4 is 0 Å². The average Bonchev–Trinajstić information content (AvgIpc) is 2.46. The van der Waals surface area contributed by atoms with Crippen LogP contribution < -0.4 is 10.1 Å². The first-order chi connectivity index (χ1) is 9.60. The molecule has 0 aliphatic rings. The molecule has 2 rings (SSSR count). The number of benzene rings is 2. The summed E-state index contributed by atoms with van der Waals surface area (Å²) in [6.45, 7) is 2.58. The molecule has 0 saturated carbocycles. The van der Waals surface area contributed by atoms with Crippen molar-refractivity contribution in [1.29, 1.82) is 0 Å². The van der Waals surface area contributed by atoms with E-state index in [1.807, 2.05) is 24.3 Å². The van der Waals surface area contributed by atoms with Crippen LogP contribution in [0, 0.1) is 0 Å². The molecule has 4 nitrogen and oxygen atoms in total. The average molecular weight is 273 g/mol. The summed E-state index contributed by atoms with van der Waals surface area (Å²) in [6.07, 6.45) is 0. The normalized spacial score (nSPS) is 12.1. The van der Waals surface area contributed by atoms with E-state index in [2.05, 4.69) is 12.2 Å². The Balaban J connectivity index is 1.98. The van der Waals surface area contributed by atoms with Crippen LogP contribution in [-0.4, -0.2) is 17.3 Å². The molecule has 106 valence electrons. The molecule has 4 heteroatoms. The van der Waals surface area contributed by atoms with Crippen LogP contribution in [0.15, 0.2) is 42.5 Å². The van der Waals surface area contributed by atoms with Crippen molar-refractivity contribution < 1.29 is 14.9 Å². The van der Waals surface area contributed by atoms with E-state index in [0.29, 0.717) is 6.54 Å². The lowest BCUT2D eigenvalue weighted by atomic mass is 10.1. The summed E-state index contributed by atoms with van der Waals surface area (Å²) < 4.78 is 5.13. The zero-order valence-electron chi connectivity index (χ0n) is 11.6. The molecule has 2 aromatic carbocycles. The number of nitrogens with one attached hydrogen (secondary N) is 1. The van der Waals surface area contributed by atoms with Gasteiger partial charge in [0.15, 0.2) is 0 Å². The van der Waals surface area contributed by atoms with Gasteiger partial charge in [-0.2, -0.15) is 0 Å². The van der Waals surface area contributed by atoms with Gasteiger partial charge in [-0.15, -0.1) is 0 Å². The number of hydrogen-bond acceptors (Lipinski definition) is 4. The van der Waals surface area contributed by atoms with Crippen molar-refractivity contribution in [1.82, 2.24) is 5.32 Å². The molecule has 0 radical (unpaired) electrons. The highest BCUT2D eigenvalue weighted by Gasteiger charge is 2.07. The molecule has 0 heterocycles. The SMILES string of the molecule is COc1ccc(C(C)NCc2ccc(O)cc2O)cc1. The third-order valence-electron chi connectivity index (χ3n) is 3.28. The van der Waals surface area contributed by atoms with Crippen LogP contribution in [0.1, 0.15) is 24.1 Å². The lowest BCUT2D eigenvalue weighted by Gasteiger charge is -2.15. The molecule has 20 heavy (non-hydrogen) atoms. The van der Waals surface area contributed by atoms with Crippen LogP contribution in [0.5, 0.6) is 17.2 Å². The number of aromatic hydroxyl groups is 2. The molecule has 0 saturated heterocycles. The second-order valence-corrected chi connectivity index (χ2v) is 4.69. The van der Waals surface area contributed by atoms with E-state index in [4.69, 9.17) is 4.74 Å². The Bertz CT molecular complexity index is 566. The Labute approximate surface area is 118 Å². The van der Waals surface area contributed by atoms with Gasteiger partial charge in [0.1, 0.15) is 17.2 Å². The molecule has 0 bridgehead atoms. The Hall–Kier alpha value is -2.20. The summed E-state index contributed by atoms with van der Waals surface area (Å²) in [6, 6.07) is 12.6. The molecule has 0 spiro atoms. The fourth-order valence-electron chi connectivity index (χ4n) is 1.98. The predicted molar refractivity (Wildman–Crippen MR) is 78.0 cm³/mol. The molecule has 0 aliphatic carbocycles.